The number of aryl methyl sites for hydroxylation is 1. The van der Waals surface area contributed by atoms with Gasteiger partial charge in [0, 0.05) is 39.1 Å². The molecule has 25 heavy (non-hydrogen) atoms. The molecule has 0 bridgehead atoms. The third kappa shape index (κ3) is 3.21. The Labute approximate surface area is 146 Å². The first kappa shape index (κ1) is 16.0. The van der Waals surface area contributed by atoms with Crippen LogP contribution in [-0.4, -0.2) is 63.4 Å². The van der Waals surface area contributed by atoms with E-state index in [-0.39, 0.29) is 11.9 Å². The van der Waals surface area contributed by atoms with Gasteiger partial charge in [-0.15, -0.1) is 0 Å². The Morgan fingerprint density at radius 1 is 1.24 bits per heavy atom. The SMILES string of the molecule is Cn1ccc(C(=O)N2CCOC[C@H]2c2nccc(N3CCCC3)n2)n1. The number of nitrogens with zero attached hydrogens (tertiary/aromatic N) is 6. The largest absolute Gasteiger partial charge is 0.377 e. The van der Waals surface area contributed by atoms with E-state index in [0.29, 0.717) is 31.3 Å². The van der Waals surface area contributed by atoms with E-state index in [0.717, 1.165) is 18.9 Å². The second-order valence-corrected chi connectivity index (χ2v) is 6.43. The topological polar surface area (TPSA) is 76.4 Å². The second kappa shape index (κ2) is 6.79. The maximum absolute atomic E-state index is 12.9. The molecule has 0 aromatic carbocycles. The van der Waals surface area contributed by atoms with E-state index in [2.05, 4.69) is 15.0 Å². The maximum Gasteiger partial charge on any atom is 0.275 e. The first-order valence-corrected chi connectivity index (χ1v) is 8.68. The molecule has 8 nitrogen and oxygen atoms in total. The predicted octanol–water partition coefficient (Wildman–Crippen LogP) is 1.02. The van der Waals surface area contributed by atoms with Crippen molar-refractivity contribution in [2.75, 3.05) is 37.7 Å². The zero-order valence-corrected chi connectivity index (χ0v) is 14.3. The number of morpholine rings is 1. The van der Waals surface area contributed by atoms with E-state index in [4.69, 9.17) is 9.72 Å². The van der Waals surface area contributed by atoms with Gasteiger partial charge >= 0.3 is 0 Å². The molecule has 132 valence electrons. The van der Waals surface area contributed by atoms with Gasteiger partial charge in [-0.3, -0.25) is 9.48 Å². The summed E-state index contributed by atoms with van der Waals surface area (Å²) in [6.07, 6.45) is 5.92. The molecule has 2 aliphatic rings. The lowest BCUT2D eigenvalue weighted by atomic mass is 10.2. The summed E-state index contributed by atoms with van der Waals surface area (Å²) >= 11 is 0. The van der Waals surface area contributed by atoms with Crippen LogP contribution in [0.25, 0.3) is 0 Å². The summed E-state index contributed by atoms with van der Waals surface area (Å²) in [5.41, 5.74) is 0.435. The predicted molar refractivity (Wildman–Crippen MR) is 91.3 cm³/mol. The van der Waals surface area contributed by atoms with E-state index in [1.54, 1.807) is 35.1 Å². The van der Waals surface area contributed by atoms with Gasteiger partial charge in [-0.25, -0.2) is 9.97 Å². The van der Waals surface area contributed by atoms with Gasteiger partial charge < -0.3 is 14.5 Å². The Morgan fingerprint density at radius 3 is 2.84 bits per heavy atom. The van der Waals surface area contributed by atoms with Crippen LogP contribution < -0.4 is 4.90 Å². The van der Waals surface area contributed by atoms with Crippen molar-refractivity contribution >= 4 is 11.7 Å². The molecule has 2 aliphatic heterocycles. The molecule has 0 spiro atoms. The Balaban J connectivity index is 1.60. The molecule has 2 saturated heterocycles. The minimum Gasteiger partial charge on any atom is -0.377 e. The van der Waals surface area contributed by atoms with E-state index >= 15 is 0 Å². The Kier molecular flexibility index (Phi) is 4.35. The quantitative estimate of drug-likeness (QED) is 0.829. The standard InChI is InChI=1S/C17H22N6O2/c1-21-9-5-13(20-21)17(24)23-10-11-25-12-14(23)16-18-6-4-15(19-16)22-7-2-3-8-22/h4-6,9,14H,2-3,7-8,10-12H2,1H3/t14-/m0/s1. The third-order valence-corrected chi connectivity index (χ3v) is 4.71. The summed E-state index contributed by atoms with van der Waals surface area (Å²) in [6, 6.07) is 3.38. The van der Waals surface area contributed by atoms with Crippen LogP contribution in [0.2, 0.25) is 0 Å². The number of aromatic nitrogens is 4. The van der Waals surface area contributed by atoms with Crippen molar-refractivity contribution in [3.63, 3.8) is 0 Å². The fourth-order valence-electron chi connectivity index (χ4n) is 3.38. The van der Waals surface area contributed by atoms with Crippen LogP contribution in [0.1, 0.15) is 35.2 Å². The van der Waals surface area contributed by atoms with E-state index in [9.17, 15) is 4.79 Å². The minimum atomic E-state index is -0.286. The normalized spacial score (nSPS) is 20.9. The van der Waals surface area contributed by atoms with Gasteiger partial charge in [-0.2, -0.15) is 5.10 Å². The summed E-state index contributed by atoms with van der Waals surface area (Å²) in [5, 5.41) is 4.23. The molecule has 0 saturated carbocycles. The summed E-state index contributed by atoms with van der Waals surface area (Å²) in [7, 11) is 1.80. The fraction of sp³-hybridized carbons (Fsp3) is 0.529. The highest BCUT2D eigenvalue weighted by Gasteiger charge is 2.32. The van der Waals surface area contributed by atoms with Crippen molar-refractivity contribution in [3.8, 4) is 0 Å². The van der Waals surface area contributed by atoms with Gasteiger partial charge in [0.05, 0.1) is 13.2 Å². The second-order valence-electron chi connectivity index (χ2n) is 6.43. The van der Waals surface area contributed by atoms with Crippen LogP contribution in [0.3, 0.4) is 0 Å². The number of rotatable bonds is 3. The zero-order chi connectivity index (χ0) is 17.2. The number of anilines is 1. The van der Waals surface area contributed by atoms with Crippen LogP contribution >= 0.6 is 0 Å². The molecule has 8 heteroatoms. The van der Waals surface area contributed by atoms with Crippen molar-refractivity contribution in [1.82, 2.24) is 24.6 Å². The van der Waals surface area contributed by atoms with Crippen molar-refractivity contribution in [2.45, 2.75) is 18.9 Å². The molecule has 1 amide bonds. The van der Waals surface area contributed by atoms with Gasteiger partial charge in [0.1, 0.15) is 17.6 Å². The summed E-state index contributed by atoms with van der Waals surface area (Å²) in [4.78, 5) is 26.1. The summed E-state index contributed by atoms with van der Waals surface area (Å²) < 4.78 is 7.24. The molecule has 2 aromatic heterocycles. The van der Waals surface area contributed by atoms with E-state index < -0.39 is 0 Å². The van der Waals surface area contributed by atoms with Crippen molar-refractivity contribution in [1.29, 1.82) is 0 Å². The maximum atomic E-state index is 12.9. The Hall–Kier alpha value is -2.48. The summed E-state index contributed by atoms with van der Waals surface area (Å²) in [6.45, 7) is 3.47. The van der Waals surface area contributed by atoms with Crippen LogP contribution in [-0.2, 0) is 11.8 Å². The average molecular weight is 342 g/mol. The van der Waals surface area contributed by atoms with E-state index in [1.165, 1.54) is 12.8 Å². The van der Waals surface area contributed by atoms with E-state index in [1.807, 2.05) is 6.07 Å². The van der Waals surface area contributed by atoms with Gasteiger partial charge in [-0.05, 0) is 25.0 Å². The molecular formula is C17H22N6O2. The molecule has 1 atom stereocenters. The van der Waals surface area contributed by atoms with Crippen LogP contribution in [0, 0.1) is 0 Å². The lowest BCUT2D eigenvalue weighted by Crippen LogP contribution is -2.44. The van der Waals surface area contributed by atoms with Gasteiger partial charge in [0.25, 0.3) is 5.91 Å². The Morgan fingerprint density at radius 2 is 2.08 bits per heavy atom. The number of amides is 1. The molecule has 4 rings (SSSR count). The van der Waals surface area contributed by atoms with Gasteiger partial charge in [0.15, 0.2) is 5.82 Å². The minimum absolute atomic E-state index is 0.107. The highest BCUT2D eigenvalue weighted by Crippen LogP contribution is 2.25. The number of carbonyl (C=O) groups excluding carboxylic acids is 1. The first-order chi connectivity index (χ1) is 12.2. The monoisotopic (exact) mass is 342 g/mol. The Bertz CT molecular complexity index is 755. The smallest absolute Gasteiger partial charge is 0.275 e. The number of carbonyl (C=O) groups is 1. The number of ether oxygens (including phenoxy) is 1. The molecule has 4 heterocycles. The van der Waals surface area contributed by atoms with Crippen molar-refractivity contribution < 1.29 is 9.53 Å². The van der Waals surface area contributed by atoms with Crippen LogP contribution in [0.15, 0.2) is 24.5 Å². The average Bonchev–Trinajstić information content (AvgIpc) is 3.33. The van der Waals surface area contributed by atoms with Crippen molar-refractivity contribution in [3.05, 3.63) is 36.0 Å². The molecule has 0 aliphatic carbocycles. The molecular weight excluding hydrogens is 320 g/mol. The van der Waals surface area contributed by atoms with Gasteiger partial charge in [-0.1, -0.05) is 0 Å². The highest BCUT2D eigenvalue weighted by molar-refractivity contribution is 5.92. The third-order valence-electron chi connectivity index (χ3n) is 4.71. The number of hydrogen-bond donors (Lipinski definition) is 0. The fourth-order valence-corrected chi connectivity index (χ4v) is 3.38. The molecule has 0 N–H and O–H groups in total. The van der Waals surface area contributed by atoms with Crippen molar-refractivity contribution in [2.24, 2.45) is 7.05 Å². The van der Waals surface area contributed by atoms with Crippen LogP contribution in [0.4, 0.5) is 5.82 Å². The molecule has 0 radical (unpaired) electrons. The zero-order valence-electron chi connectivity index (χ0n) is 14.3. The number of hydrogen-bond acceptors (Lipinski definition) is 6. The van der Waals surface area contributed by atoms with Crippen LogP contribution in [0.5, 0.6) is 0 Å². The molecule has 2 fully saturated rings. The lowest BCUT2D eigenvalue weighted by Gasteiger charge is -2.34. The lowest BCUT2D eigenvalue weighted by molar-refractivity contribution is -0.00554. The molecule has 2 aromatic rings. The first-order valence-electron chi connectivity index (χ1n) is 8.68. The summed E-state index contributed by atoms with van der Waals surface area (Å²) in [5.74, 6) is 1.45. The highest BCUT2D eigenvalue weighted by atomic mass is 16.5. The van der Waals surface area contributed by atoms with Gasteiger partial charge in [0.2, 0.25) is 0 Å². The molecule has 0 unspecified atom stereocenters.